The van der Waals surface area contributed by atoms with Crippen LogP contribution in [0, 0.1) is 6.92 Å². The quantitative estimate of drug-likeness (QED) is 0.888. The number of amides is 2. The van der Waals surface area contributed by atoms with Crippen LogP contribution in [0.5, 0.6) is 0 Å². The lowest BCUT2D eigenvalue weighted by molar-refractivity contribution is -0.138. The number of hydrogen-bond donors (Lipinski definition) is 1. The number of nitrogens with one attached hydrogen (secondary N) is 1. The van der Waals surface area contributed by atoms with Crippen molar-refractivity contribution in [1.82, 2.24) is 14.9 Å². The van der Waals surface area contributed by atoms with E-state index in [-0.39, 0.29) is 12.0 Å². The van der Waals surface area contributed by atoms with Gasteiger partial charge in [-0.2, -0.15) is 13.2 Å². The van der Waals surface area contributed by atoms with Gasteiger partial charge in [-0.05, 0) is 19.1 Å². The van der Waals surface area contributed by atoms with E-state index < -0.39 is 11.7 Å². The van der Waals surface area contributed by atoms with Crippen LogP contribution in [0.25, 0.3) is 0 Å². The topological polar surface area (TPSA) is 61.4 Å². The van der Waals surface area contributed by atoms with Crippen LogP contribution in [0.1, 0.15) is 11.1 Å². The van der Waals surface area contributed by atoms with Crippen LogP contribution in [-0.2, 0) is 6.18 Å². The number of halogens is 3. The van der Waals surface area contributed by atoms with E-state index in [0.29, 0.717) is 31.9 Å². The normalized spacial score (nSPS) is 15.1. The molecule has 1 aliphatic heterocycles. The van der Waals surface area contributed by atoms with Gasteiger partial charge in [-0.15, -0.1) is 0 Å². The smallest absolute Gasteiger partial charge is 0.337 e. The number of hydrogen-bond acceptors (Lipinski definition) is 4. The second-order valence-electron chi connectivity index (χ2n) is 6.04. The monoisotopic (exact) mass is 365 g/mol. The molecular weight excluding hydrogens is 347 g/mol. The number of anilines is 2. The zero-order valence-corrected chi connectivity index (χ0v) is 14.1. The molecule has 26 heavy (non-hydrogen) atoms. The van der Waals surface area contributed by atoms with Gasteiger partial charge in [0.15, 0.2) is 0 Å². The molecule has 0 radical (unpaired) electrons. The predicted molar refractivity (Wildman–Crippen MR) is 91.0 cm³/mol. The fourth-order valence-corrected chi connectivity index (χ4v) is 2.58. The second-order valence-corrected chi connectivity index (χ2v) is 6.04. The molecule has 0 saturated carbocycles. The highest BCUT2D eigenvalue weighted by molar-refractivity contribution is 5.89. The van der Waals surface area contributed by atoms with Crippen LogP contribution in [0.15, 0.2) is 36.7 Å². The Morgan fingerprint density at radius 2 is 1.62 bits per heavy atom. The molecule has 2 aromatic rings. The summed E-state index contributed by atoms with van der Waals surface area (Å²) in [6, 6.07) is 7.28. The van der Waals surface area contributed by atoms with E-state index in [2.05, 4.69) is 15.3 Å². The minimum absolute atomic E-state index is 0.207. The molecule has 0 aliphatic carbocycles. The van der Waals surface area contributed by atoms with Crippen molar-refractivity contribution in [2.24, 2.45) is 0 Å². The van der Waals surface area contributed by atoms with Crippen molar-refractivity contribution < 1.29 is 18.0 Å². The summed E-state index contributed by atoms with van der Waals surface area (Å²) < 4.78 is 37.7. The minimum atomic E-state index is -4.45. The summed E-state index contributed by atoms with van der Waals surface area (Å²) in [5.41, 5.74) is 0.944. The van der Waals surface area contributed by atoms with Crippen molar-refractivity contribution in [2.75, 3.05) is 36.4 Å². The number of carbonyl (C=O) groups is 1. The number of aromatic nitrogens is 2. The third-order valence-electron chi connectivity index (χ3n) is 4.12. The van der Waals surface area contributed by atoms with E-state index in [0.717, 1.165) is 18.0 Å². The average Bonchev–Trinajstić information content (AvgIpc) is 2.63. The van der Waals surface area contributed by atoms with Crippen LogP contribution >= 0.6 is 0 Å². The maximum absolute atomic E-state index is 12.6. The van der Waals surface area contributed by atoms with Gasteiger partial charge in [0, 0.05) is 44.3 Å². The Morgan fingerprint density at radius 3 is 2.15 bits per heavy atom. The summed E-state index contributed by atoms with van der Waals surface area (Å²) in [5.74, 6) is 0.233. The molecule has 1 aliphatic rings. The molecule has 1 saturated heterocycles. The Morgan fingerprint density at radius 1 is 1.04 bits per heavy atom. The first-order valence-corrected chi connectivity index (χ1v) is 8.10. The Hall–Kier alpha value is -2.84. The predicted octanol–water partition coefficient (Wildman–Crippen LogP) is 3.16. The molecule has 6 nitrogen and oxygen atoms in total. The van der Waals surface area contributed by atoms with E-state index in [9.17, 15) is 18.0 Å². The highest BCUT2D eigenvalue weighted by Crippen LogP contribution is 2.28. The first-order valence-electron chi connectivity index (χ1n) is 8.10. The molecule has 2 heterocycles. The first-order chi connectivity index (χ1) is 12.3. The number of piperazine rings is 1. The molecule has 0 atom stereocenters. The van der Waals surface area contributed by atoms with Crippen molar-refractivity contribution in [3.8, 4) is 0 Å². The van der Waals surface area contributed by atoms with Crippen molar-refractivity contribution in [3.05, 3.63) is 47.8 Å². The lowest BCUT2D eigenvalue weighted by atomic mass is 10.2. The van der Waals surface area contributed by atoms with Gasteiger partial charge in [0.2, 0.25) is 5.95 Å². The van der Waals surface area contributed by atoms with Crippen LogP contribution in [0.4, 0.5) is 29.6 Å². The number of rotatable bonds is 2. The molecule has 1 aromatic carbocycles. The number of alkyl halides is 3. The minimum Gasteiger partial charge on any atom is -0.337 e. The van der Waals surface area contributed by atoms with Crippen molar-refractivity contribution in [3.63, 3.8) is 0 Å². The zero-order valence-electron chi connectivity index (χ0n) is 14.1. The summed E-state index contributed by atoms with van der Waals surface area (Å²) in [4.78, 5) is 23.3. The summed E-state index contributed by atoms with van der Waals surface area (Å²) in [5, 5.41) is 2.83. The second kappa shape index (κ2) is 7.19. The molecule has 0 spiro atoms. The van der Waals surface area contributed by atoms with Gasteiger partial charge >= 0.3 is 12.2 Å². The van der Waals surface area contributed by atoms with Crippen LogP contribution < -0.4 is 10.2 Å². The van der Waals surface area contributed by atoms with Crippen LogP contribution in [0.2, 0.25) is 0 Å². The maximum atomic E-state index is 12.6. The van der Waals surface area contributed by atoms with Crippen LogP contribution in [-0.4, -0.2) is 47.1 Å². The number of carbonyl (C=O) groups excluding carboxylic acids is 1. The van der Waals surface area contributed by atoms with E-state index in [1.54, 1.807) is 9.80 Å². The fourth-order valence-electron chi connectivity index (χ4n) is 2.58. The number of urea groups is 1. The molecule has 0 bridgehead atoms. The fraction of sp³-hybridized carbons (Fsp3) is 0.353. The van der Waals surface area contributed by atoms with Gasteiger partial charge in [-0.1, -0.05) is 17.7 Å². The van der Waals surface area contributed by atoms with Gasteiger partial charge < -0.3 is 15.1 Å². The summed E-state index contributed by atoms with van der Waals surface area (Å²) in [6.45, 7) is 3.73. The third-order valence-corrected chi connectivity index (χ3v) is 4.12. The lowest BCUT2D eigenvalue weighted by Gasteiger charge is -2.34. The van der Waals surface area contributed by atoms with Gasteiger partial charge in [-0.3, -0.25) is 0 Å². The summed E-state index contributed by atoms with van der Waals surface area (Å²) in [6.07, 6.45) is -2.90. The molecule has 9 heteroatoms. The Labute approximate surface area is 148 Å². The molecule has 1 N–H and O–H groups in total. The lowest BCUT2D eigenvalue weighted by Crippen LogP contribution is -2.50. The van der Waals surface area contributed by atoms with Gasteiger partial charge in [0.1, 0.15) is 0 Å². The molecule has 0 unspecified atom stereocenters. The van der Waals surface area contributed by atoms with E-state index in [1.807, 2.05) is 31.2 Å². The molecule has 2 amide bonds. The highest BCUT2D eigenvalue weighted by Gasteiger charge is 2.32. The number of aryl methyl sites for hydroxylation is 1. The average molecular weight is 365 g/mol. The van der Waals surface area contributed by atoms with Gasteiger partial charge in [0.25, 0.3) is 0 Å². The third kappa shape index (κ3) is 4.22. The molecule has 1 fully saturated rings. The summed E-state index contributed by atoms with van der Waals surface area (Å²) >= 11 is 0. The SMILES string of the molecule is Cc1ccc(NC(=O)N2CCN(c3ncc(C(F)(F)F)cn3)CC2)cc1. The van der Waals surface area contributed by atoms with Gasteiger partial charge in [-0.25, -0.2) is 14.8 Å². The first kappa shape index (κ1) is 18.0. The van der Waals surface area contributed by atoms with E-state index in [4.69, 9.17) is 0 Å². The Kier molecular flexibility index (Phi) is 4.97. The van der Waals surface area contributed by atoms with Crippen molar-refractivity contribution in [2.45, 2.75) is 13.1 Å². The van der Waals surface area contributed by atoms with E-state index >= 15 is 0 Å². The number of benzene rings is 1. The van der Waals surface area contributed by atoms with E-state index in [1.165, 1.54) is 0 Å². The molecule has 1 aromatic heterocycles. The molecule has 138 valence electrons. The van der Waals surface area contributed by atoms with Crippen molar-refractivity contribution >= 4 is 17.7 Å². The highest BCUT2D eigenvalue weighted by atomic mass is 19.4. The maximum Gasteiger partial charge on any atom is 0.419 e. The van der Waals surface area contributed by atoms with Crippen LogP contribution in [0.3, 0.4) is 0 Å². The Balaban J connectivity index is 1.55. The van der Waals surface area contributed by atoms with Crippen molar-refractivity contribution in [1.29, 1.82) is 0 Å². The largest absolute Gasteiger partial charge is 0.419 e. The zero-order chi connectivity index (χ0) is 18.7. The molecular formula is C17H18F3N5O. The standard InChI is InChI=1S/C17H18F3N5O/c1-12-2-4-14(5-3-12)23-16(26)25-8-6-24(7-9-25)15-21-10-13(11-22-15)17(18,19)20/h2-5,10-11H,6-9H2,1H3,(H,23,26). The number of nitrogens with zero attached hydrogens (tertiary/aromatic N) is 4. The Bertz CT molecular complexity index is 753. The molecule has 3 rings (SSSR count). The van der Waals surface area contributed by atoms with Gasteiger partial charge in [0.05, 0.1) is 5.56 Å². The summed E-state index contributed by atoms with van der Waals surface area (Å²) in [7, 11) is 0.